The van der Waals surface area contributed by atoms with Gasteiger partial charge in [0.2, 0.25) is 0 Å². The first-order valence-corrected chi connectivity index (χ1v) is 6.39. The van der Waals surface area contributed by atoms with Crippen molar-refractivity contribution in [1.82, 2.24) is 0 Å². The van der Waals surface area contributed by atoms with Crippen LogP contribution in [0, 0.1) is 0 Å². The number of nitrogens with zero attached hydrogens (tertiary/aromatic N) is 1. The van der Waals surface area contributed by atoms with Crippen molar-refractivity contribution in [2.45, 2.75) is 11.3 Å². The van der Waals surface area contributed by atoms with Gasteiger partial charge in [-0.3, -0.25) is 0 Å². The topological polar surface area (TPSA) is 89.7 Å². The number of hydrogen-bond acceptors (Lipinski definition) is 5. The molecule has 0 unspecified atom stereocenters. The van der Waals surface area contributed by atoms with Gasteiger partial charge in [0.15, 0.2) is 0 Å². The Balaban J connectivity index is 2.39. The predicted molar refractivity (Wildman–Crippen MR) is 61.3 cm³/mol. The van der Waals surface area contributed by atoms with Crippen LogP contribution in [0.15, 0.2) is 23.1 Å². The third-order valence-corrected chi connectivity index (χ3v) is 3.87. The summed E-state index contributed by atoms with van der Waals surface area (Å²) in [6, 6.07) is 4.61. The summed E-state index contributed by atoms with van der Waals surface area (Å²) in [6.45, 7) is 0.843. The second kappa shape index (κ2) is 3.92. The normalized spacial score (nSPS) is 14.5. The zero-order chi connectivity index (χ0) is 12.6. The molecular weight excluding hydrogens is 244 g/mol. The number of rotatable bonds is 2. The number of hydrogen-bond donors (Lipinski definition) is 1. The molecule has 0 radical (unpaired) electrons. The quantitative estimate of drug-likeness (QED) is 0.776. The Labute approximate surface area is 99.1 Å². The van der Waals surface area contributed by atoms with Gasteiger partial charge in [0.25, 0.3) is 0 Å². The fourth-order valence-corrected chi connectivity index (χ4v) is 2.69. The lowest BCUT2D eigenvalue weighted by atomic mass is 10.2. The second-order valence-corrected chi connectivity index (χ2v) is 5.36. The molecule has 1 aromatic carbocycles. The Bertz CT molecular complexity index is 568. The van der Waals surface area contributed by atoms with Crippen molar-refractivity contribution in [1.29, 1.82) is 0 Å². The number of primary amides is 1. The summed E-state index contributed by atoms with van der Waals surface area (Å²) in [7, 11) is -2.16. The third kappa shape index (κ3) is 2.19. The summed E-state index contributed by atoms with van der Waals surface area (Å²) in [5.41, 5.74) is 6.61. The smallest absolute Gasteiger partial charge is 0.374 e. The average Bonchev–Trinajstić information content (AvgIpc) is 2.58. The first kappa shape index (κ1) is 11.7. The van der Waals surface area contributed by atoms with Gasteiger partial charge in [-0.05, 0) is 30.2 Å². The van der Waals surface area contributed by atoms with Crippen LogP contribution in [0.1, 0.15) is 5.56 Å². The maximum absolute atomic E-state index is 11.6. The summed E-state index contributed by atoms with van der Waals surface area (Å²) in [6.07, 6.45) is -0.561. The van der Waals surface area contributed by atoms with E-state index in [2.05, 4.69) is 4.18 Å². The van der Waals surface area contributed by atoms with Crippen molar-refractivity contribution in [3.05, 3.63) is 23.8 Å². The van der Waals surface area contributed by atoms with Crippen LogP contribution in [-0.2, 0) is 20.7 Å². The molecule has 0 spiro atoms. The van der Waals surface area contributed by atoms with E-state index >= 15 is 0 Å². The number of likely N-dealkylation sites (N-methyl/N-ethyl adjacent to an activating group) is 1. The van der Waals surface area contributed by atoms with Crippen LogP contribution in [-0.4, -0.2) is 28.1 Å². The zero-order valence-electron chi connectivity index (χ0n) is 9.21. The van der Waals surface area contributed by atoms with Crippen LogP contribution in [0.2, 0.25) is 0 Å². The molecule has 1 heterocycles. The minimum Gasteiger partial charge on any atom is -0.374 e. The van der Waals surface area contributed by atoms with E-state index in [0.29, 0.717) is 0 Å². The molecule has 0 aromatic heterocycles. The first-order chi connectivity index (χ1) is 7.90. The third-order valence-electron chi connectivity index (χ3n) is 2.66. The van der Waals surface area contributed by atoms with Gasteiger partial charge in [-0.1, -0.05) is 0 Å². The Morgan fingerprint density at radius 1 is 1.47 bits per heavy atom. The predicted octanol–water partition coefficient (Wildman–Crippen LogP) is 0.463. The van der Waals surface area contributed by atoms with Crippen molar-refractivity contribution >= 4 is 21.9 Å². The van der Waals surface area contributed by atoms with Crippen LogP contribution < -0.4 is 10.6 Å². The van der Waals surface area contributed by atoms with Crippen molar-refractivity contribution in [2.75, 3.05) is 18.5 Å². The Kier molecular flexibility index (Phi) is 2.70. The van der Waals surface area contributed by atoms with Gasteiger partial charge in [0.05, 0.1) is 0 Å². The number of carbonyl (C=O) groups excluding carboxylic acids is 1. The average molecular weight is 256 g/mol. The maximum atomic E-state index is 11.6. The molecule has 0 saturated carbocycles. The molecule has 0 fully saturated rings. The van der Waals surface area contributed by atoms with E-state index in [9.17, 15) is 13.2 Å². The van der Waals surface area contributed by atoms with E-state index in [0.717, 1.165) is 24.2 Å². The molecule has 7 heteroatoms. The molecule has 0 atom stereocenters. The molecule has 0 bridgehead atoms. The zero-order valence-corrected chi connectivity index (χ0v) is 10.0. The van der Waals surface area contributed by atoms with Crippen molar-refractivity contribution in [2.24, 2.45) is 5.73 Å². The molecule has 2 rings (SSSR count). The number of carbonyl (C=O) groups is 1. The van der Waals surface area contributed by atoms with Gasteiger partial charge >= 0.3 is 16.2 Å². The number of amides is 1. The van der Waals surface area contributed by atoms with Gasteiger partial charge in [-0.15, -0.1) is 0 Å². The highest BCUT2D eigenvalue weighted by molar-refractivity contribution is 7.87. The van der Waals surface area contributed by atoms with Gasteiger partial charge in [-0.2, -0.15) is 8.42 Å². The monoisotopic (exact) mass is 256 g/mol. The van der Waals surface area contributed by atoms with Crippen molar-refractivity contribution in [3.63, 3.8) is 0 Å². The minimum atomic E-state index is -4.09. The van der Waals surface area contributed by atoms with E-state index in [1.165, 1.54) is 12.1 Å². The largest absolute Gasteiger partial charge is 0.420 e. The standard InChI is InChI=1S/C10H12N2O4S/c1-12-5-4-7-6-8(2-3-9(7)12)17(14,15)16-10(11)13/h2-3,6H,4-5H2,1H3,(H2,11,13). The summed E-state index contributed by atoms with van der Waals surface area (Å²) < 4.78 is 27.3. The van der Waals surface area contributed by atoms with Crippen LogP contribution >= 0.6 is 0 Å². The van der Waals surface area contributed by atoms with Crippen molar-refractivity contribution < 1.29 is 17.4 Å². The number of nitrogens with two attached hydrogens (primary N) is 1. The minimum absolute atomic E-state index is 0.0506. The fourth-order valence-electron chi connectivity index (χ4n) is 1.85. The molecular formula is C10H12N2O4S. The summed E-state index contributed by atoms with van der Waals surface area (Å²) >= 11 is 0. The number of anilines is 1. The summed E-state index contributed by atoms with van der Waals surface area (Å²) in [5.74, 6) is 0. The van der Waals surface area contributed by atoms with Gasteiger partial charge in [0.1, 0.15) is 4.90 Å². The highest BCUT2D eigenvalue weighted by Crippen LogP contribution is 2.29. The lowest BCUT2D eigenvalue weighted by Gasteiger charge is -2.11. The Hall–Kier alpha value is -1.76. The molecule has 1 aliphatic rings. The molecule has 6 nitrogen and oxygen atoms in total. The fraction of sp³-hybridized carbons (Fsp3) is 0.300. The van der Waals surface area contributed by atoms with E-state index in [1.807, 2.05) is 11.9 Å². The molecule has 1 aromatic rings. The summed E-state index contributed by atoms with van der Waals surface area (Å²) in [5, 5.41) is 0. The Morgan fingerprint density at radius 2 is 2.18 bits per heavy atom. The van der Waals surface area contributed by atoms with Gasteiger partial charge in [-0.25, -0.2) is 4.79 Å². The molecule has 0 aliphatic carbocycles. The SMILES string of the molecule is CN1CCc2cc(S(=O)(=O)OC(N)=O)ccc21. The molecule has 17 heavy (non-hydrogen) atoms. The van der Waals surface area contributed by atoms with Crippen molar-refractivity contribution in [3.8, 4) is 0 Å². The molecule has 1 aliphatic heterocycles. The molecule has 92 valence electrons. The molecule has 1 amide bonds. The van der Waals surface area contributed by atoms with Crippen LogP contribution in [0.3, 0.4) is 0 Å². The number of fused-ring (bicyclic) bond motifs is 1. The molecule has 0 saturated heterocycles. The maximum Gasteiger partial charge on any atom is 0.420 e. The van der Waals surface area contributed by atoms with Gasteiger partial charge in [0, 0.05) is 19.3 Å². The van der Waals surface area contributed by atoms with E-state index in [-0.39, 0.29) is 4.90 Å². The van der Waals surface area contributed by atoms with E-state index in [4.69, 9.17) is 5.73 Å². The number of benzene rings is 1. The van der Waals surface area contributed by atoms with E-state index in [1.54, 1.807) is 6.07 Å². The lowest BCUT2D eigenvalue weighted by Crippen LogP contribution is -2.19. The lowest BCUT2D eigenvalue weighted by molar-refractivity contribution is 0.212. The van der Waals surface area contributed by atoms with E-state index < -0.39 is 16.2 Å². The van der Waals surface area contributed by atoms with Crippen LogP contribution in [0.25, 0.3) is 0 Å². The van der Waals surface area contributed by atoms with Crippen LogP contribution in [0.5, 0.6) is 0 Å². The van der Waals surface area contributed by atoms with Crippen LogP contribution in [0.4, 0.5) is 10.5 Å². The highest BCUT2D eigenvalue weighted by atomic mass is 32.2. The second-order valence-electron chi connectivity index (χ2n) is 3.82. The van der Waals surface area contributed by atoms with Gasteiger partial charge < -0.3 is 14.8 Å². The first-order valence-electron chi connectivity index (χ1n) is 4.98. The molecule has 2 N–H and O–H groups in total. The summed E-state index contributed by atoms with van der Waals surface area (Å²) in [4.78, 5) is 12.5. The highest BCUT2D eigenvalue weighted by Gasteiger charge is 2.22. The Morgan fingerprint density at radius 3 is 2.82 bits per heavy atom.